The molecule has 3 aromatic rings. The zero-order chi connectivity index (χ0) is 16.5. The maximum Gasteiger partial charge on any atom is 0.272 e. The van der Waals surface area contributed by atoms with Gasteiger partial charge in [0.1, 0.15) is 18.0 Å². The lowest BCUT2D eigenvalue weighted by Gasteiger charge is -2.35. The molecule has 2 unspecified atom stereocenters. The number of fused-ring (bicyclic) bond motifs is 1. The highest BCUT2D eigenvalue weighted by Crippen LogP contribution is 2.24. The Hall–Kier alpha value is -2.62. The minimum Gasteiger partial charge on any atom is -0.352 e. The van der Waals surface area contributed by atoms with Crippen molar-refractivity contribution in [1.82, 2.24) is 28.7 Å². The van der Waals surface area contributed by atoms with E-state index in [1.54, 1.807) is 4.52 Å². The van der Waals surface area contributed by atoms with Crippen molar-refractivity contribution in [3.8, 4) is 0 Å². The summed E-state index contributed by atoms with van der Waals surface area (Å²) in [6, 6.07) is 3.22. The number of alkyl halides is 1. The number of piperidine rings is 1. The van der Waals surface area contributed by atoms with E-state index in [2.05, 4.69) is 24.1 Å². The molecule has 8 nitrogen and oxygen atoms in total. The molecule has 24 heavy (non-hydrogen) atoms. The summed E-state index contributed by atoms with van der Waals surface area (Å²) in [5, 5.41) is 6.82. The van der Waals surface area contributed by atoms with Gasteiger partial charge in [-0.25, -0.2) is 13.9 Å². The molecule has 0 aliphatic carbocycles. The average Bonchev–Trinajstić information content (AvgIpc) is 3.27. The molecule has 4 rings (SSSR count). The van der Waals surface area contributed by atoms with E-state index in [-0.39, 0.29) is 18.1 Å². The van der Waals surface area contributed by atoms with Crippen LogP contribution in [0.3, 0.4) is 0 Å². The molecule has 0 saturated carbocycles. The summed E-state index contributed by atoms with van der Waals surface area (Å²) in [6.07, 6.45) is 3.95. The van der Waals surface area contributed by atoms with Crippen molar-refractivity contribution in [3.05, 3.63) is 36.5 Å². The van der Waals surface area contributed by atoms with E-state index >= 15 is 0 Å². The highest BCUT2D eigenvalue weighted by Gasteiger charge is 2.32. The number of anilines is 1. The van der Waals surface area contributed by atoms with E-state index in [4.69, 9.17) is 0 Å². The van der Waals surface area contributed by atoms with Gasteiger partial charge in [0.05, 0.1) is 30.5 Å². The smallest absolute Gasteiger partial charge is 0.272 e. The standard InChI is InChI=1S/C14H14FN7OS/c15-9-7-21(13-12-2-1-4-22(12)17-8-16-13)5-3-10(9)19-14(23)11-6-18-24-20-11/h1-2,4,6,8-10H,3,5,7H2,(H,19,23). The van der Waals surface area contributed by atoms with Crippen LogP contribution in [-0.2, 0) is 0 Å². The summed E-state index contributed by atoms with van der Waals surface area (Å²) in [6.45, 7) is 0.761. The van der Waals surface area contributed by atoms with E-state index in [1.165, 1.54) is 12.5 Å². The van der Waals surface area contributed by atoms with Crippen LogP contribution >= 0.6 is 11.7 Å². The second-order valence-electron chi connectivity index (χ2n) is 5.54. The third kappa shape index (κ3) is 2.68. The number of nitrogens with zero attached hydrogens (tertiary/aromatic N) is 6. The summed E-state index contributed by atoms with van der Waals surface area (Å²) in [4.78, 5) is 18.2. The first-order chi connectivity index (χ1) is 11.7. The monoisotopic (exact) mass is 347 g/mol. The topological polar surface area (TPSA) is 88.3 Å². The van der Waals surface area contributed by atoms with Gasteiger partial charge in [-0.3, -0.25) is 4.79 Å². The molecule has 0 aromatic carbocycles. The van der Waals surface area contributed by atoms with Gasteiger partial charge in [-0.2, -0.15) is 13.8 Å². The number of hydrogen-bond donors (Lipinski definition) is 1. The van der Waals surface area contributed by atoms with Crippen molar-refractivity contribution in [2.24, 2.45) is 0 Å². The normalized spacial score (nSPS) is 21.1. The fourth-order valence-corrected chi connectivity index (χ4v) is 3.27. The molecule has 124 valence electrons. The summed E-state index contributed by atoms with van der Waals surface area (Å²) in [5.74, 6) is 0.312. The maximum atomic E-state index is 14.6. The van der Waals surface area contributed by atoms with Crippen LogP contribution < -0.4 is 10.2 Å². The van der Waals surface area contributed by atoms with E-state index in [1.807, 2.05) is 23.2 Å². The summed E-state index contributed by atoms with van der Waals surface area (Å²) in [7, 11) is 0. The molecule has 1 aliphatic heterocycles. The molecular formula is C14H14FN7OS. The molecule has 0 bridgehead atoms. The predicted molar refractivity (Wildman–Crippen MR) is 85.9 cm³/mol. The van der Waals surface area contributed by atoms with Crippen molar-refractivity contribution >= 4 is 29.0 Å². The Bertz CT molecular complexity index is 852. The van der Waals surface area contributed by atoms with Gasteiger partial charge in [-0.1, -0.05) is 0 Å². The summed E-state index contributed by atoms with van der Waals surface area (Å²) >= 11 is 0.951. The number of halogens is 1. The van der Waals surface area contributed by atoms with Gasteiger partial charge in [0.25, 0.3) is 5.91 Å². The van der Waals surface area contributed by atoms with Crippen molar-refractivity contribution in [3.63, 3.8) is 0 Å². The van der Waals surface area contributed by atoms with Crippen LogP contribution in [0, 0.1) is 0 Å². The molecule has 4 heterocycles. The predicted octanol–water partition coefficient (Wildman–Crippen LogP) is 0.928. The van der Waals surface area contributed by atoms with Gasteiger partial charge in [0.2, 0.25) is 0 Å². The molecule has 1 fully saturated rings. The Kier molecular flexibility index (Phi) is 3.81. The van der Waals surface area contributed by atoms with E-state index in [9.17, 15) is 9.18 Å². The number of carbonyl (C=O) groups is 1. The van der Waals surface area contributed by atoms with Gasteiger partial charge >= 0.3 is 0 Å². The van der Waals surface area contributed by atoms with Crippen LogP contribution in [-0.4, -0.2) is 54.6 Å². The van der Waals surface area contributed by atoms with E-state index < -0.39 is 12.2 Å². The lowest BCUT2D eigenvalue weighted by atomic mass is 10.0. The second-order valence-corrected chi connectivity index (χ2v) is 6.10. The lowest BCUT2D eigenvalue weighted by molar-refractivity contribution is 0.0894. The third-order valence-electron chi connectivity index (χ3n) is 4.06. The van der Waals surface area contributed by atoms with Crippen molar-refractivity contribution in [1.29, 1.82) is 0 Å². The zero-order valence-corrected chi connectivity index (χ0v) is 13.4. The quantitative estimate of drug-likeness (QED) is 0.758. The average molecular weight is 347 g/mol. The minimum absolute atomic E-state index is 0.165. The lowest BCUT2D eigenvalue weighted by Crippen LogP contribution is -2.52. The highest BCUT2D eigenvalue weighted by molar-refractivity contribution is 6.99. The largest absolute Gasteiger partial charge is 0.352 e. The molecule has 1 saturated heterocycles. The van der Waals surface area contributed by atoms with Crippen LogP contribution in [0.4, 0.5) is 10.2 Å². The number of rotatable bonds is 3. The number of hydrogen-bond acceptors (Lipinski definition) is 7. The Morgan fingerprint density at radius 3 is 3.17 bits per heavy atom. The van der Waals surface area contributed by atoms with Gasteiger partial charge in [0.15, 0.2) is 11.5 Å². The van der Waals surface area contributed by atoms with Gasteiger partial charge in [0, 0.05) is 12.7 Å². The Morgan fingerprint density at radius 1 is 1.46 bits per heavy atom. The van der Waals surface area contributed by atoms with Crippen LogP contribution in [0.15, 0.2) is 30.9 Å². The minimum atomic E-state index is -1.20. The Balaban J connectivity index is 1.46. The van der Waals surface area contributed by atoms with Gasteiger partial charge in [-0.05, 0) is 18.6 Å². The first-order valence-corrected chi connectivity index (χ1v) is 8.21. The molecule has 1 amide bonds. The first-order valence-electron chi connectivity index (χ1n) is 7.48. The van der Waals surface area contributed by atoms with E-state index in [0.717, 1.165) is 17.2 Å². The molecular weight excluding hydrogens is 333 g/mol. The summed E-state index contributed by atoms with van der Waals surface area (Å²) in [5.41, 5.74) is 1.06. The van der Waals surface area contributed by atoms with E-state index in [0.29, 0.717) is 18.8 Å². The van der Waals surface area contributed by atoms with Crippen LogP contribution in [0.2, 0.25) is 0 Å². The molecule has 2 atom stereocenters. The number of amides is 1. The van der Waals surface area contributed by atoms with Gasteiger partial charge in [-0.15, -0.1) is 0 Å². The number of carbonyl (C=O) groups excluding carboxylic acids is 1. The SMILES string of the molecule is O=C(NC1CCN(c2ncnn3cccc23)CC1F)c1cnsn1. The Morgan fingerprint density at radius 2 is 2.38 bits per heavy atom. The molecule has 0 radical (unpaired) electrons. The second kappa shape index (κ2) is 6.11. The fraction of sp³-hybridized carbons (Fsp3) is 0.357. The van der Waals surface area contributed by atoms with Crippen molar-refractivity contribution in [2.45, 2.75) is 18.6 Å². The van der Waals surface area contributed by atoms with Gasteiger partial charge < -0.3 is 10.2 Å². The Labute approximate surface area is 140 Å². The van der Waals surface area contributed by atoms with Crippen molar-refractivity contribution in [2.75, 3.05) is 18.0 Å². The highest BCUT2D eigenvalue weighted by atomic mass is 32.1. The van der Waals surface area contributed by atoms with Crippen LogP contribution in [0.25, 0.3) is 5.52 Å². The van der Waals surface area contributed by atoms with Crippen LogP contribution in [0.1, 0.15) is 16.9 Å². The molecule has 1 aliphatic rings. The maximum absolute atomic E-state index is 14.6. The zero-order valence-electron chi connectivity index (χ0n) is 12.5. The fourth-order valence-electron chi connectivity index (χ4n) is 2.86. The molecule has 3 aromatic heterocycles. The molecule has 1 N–H and O–H groups in total. The molecule has 10 heteroatoms. The summed E-state index contributed by atoms with van der Waals surface area (Å²) < 4.78 is 23.9. The molecule has 0 spiro atoms. The third-order valence-corrected chi connectivity index (χ3v) is 4.54. The van der Waals surface area contributed by atoms with Crippen molar-refractivity contribution < 1.29 is 9.18 Å². The first kappa shape index (κ1) is 14.9. The number of aromatic nitrogens is 5. The number of nitrogens with one attached hydrogen (secondary N) is 1. The van der Waals surface area contributed by atoms with Crippen LogP contribution in [0.5, 0.6) is 0 Å².